The Bertz CT molecular complexity index is 251. The molecule has 3 atom stereocenters. The van der Waals surface area contributed by atoms with Crippen LogP contribution in [-0.4, -0.2) is 49.8 Å². The second-order valence-electron chi connectivity index (χ2n) is 6.45. The Balaban J connectivity index is 1.54. The van der Waals surface area contributed by atoms with E-state index in [9.17, 15) is 0 Å². The first-order valence-corrected chi connectivity index (χ1v) is 7.87. The van der Waals surface area contributed by atoms with Crippen LogP contribution < -0.4 is 5.32 Å². The van der Waals surface area contributed by atoms with Gasteiger partial charge in [-0.1, -0.05) is 6.42 Å². The van der Waals surface area contributed by atoms with Crippen LogP contribution in [0.25, 0.3) is 0 Å². The number of nitrogens with zero attached hydrogens (tertiary/aromatic N) is 1. The van der Waals surface area contributed by atoms with E-state index in [0.717, 1.165) is 37.3 Å². The highest BCUT2D eigenvalue weighted by atomic mass is 16.5. The van der Waals surface area contributed by atoms with E-state index in [2.05, 4.69) is 17.3 Å². The molecule has 3 heterocycles. The van der Waals surface area contributed by atoms with Gasteiger partial charge in [0, 0.05) is 31.3 Å². The quantitative estimate of drug-likeness (QED) is 0.828. The molecule has 3 rings (SSSR count). The van der Waals surface area contributed by atoms with Gasteiger partial charge in [0.25, 0.3) is 0 Å². The van der Waals surface area contributed by atoms with E-state index in [4.69, 9.17) is 4.74 Å². The van der Waals surface area contributed by atoms with Gasteiger partial charge in [0.15, 0.2) is 0 Å². The van der Waals surface area contributed by atoms with E-state index in [0.29, 0.717) is 0 Å². The predicted molar refractivity (Wildman–Crippen MR) is 73.8 cm³/mol. The molecular weight excluding hydrogens is 224 g/mol. The van der Waals surface area contributed by atoms with Crippen LogP contribution in [0.4, 0.5) is 0 Å². The minimum absolute atomic E-state index is 0.770. The SMILES string of the molecule is CNC1CC2CCCC(C1)N2CCC1CCOC1. The standard InChI is InChI=1S/C15H28N2O/c1-16-13-9-14-3-2-4-15(10-13)17(14)7-5-12-6-8-18-11-12/h12-16H,2-11H2,1H3. The van der Waals surface area contributed by atoms with Gasteiger partial charge in [-0.2, -0.15) is 0 Å². The van der Waals surface area contributed by atoms with Gasteiger partial charge in [-0.05, 0) is 58.0 Å². The van der Waals surface area contributed by atoms with E-state index in [1.165, 1.54) is 51.5 Å². The molecule has 0 aromatic carbocycles. The third-order valence-corrected chi connectivity index (χ3v) is 5.35. The fourth-order valence-corrected chi connectivity index (χ4v) is 4.22. The molecule has 3 fully saturated rings. The smallest absolute Gasteiger partial charge is 0.0495 e. The summed E-state index contributed by atoms with van der Waals surface area (Å²) < 4.78 is 5.50. The minimum atomic E-state index is 0.770. The molecule has 0 aromatic heterocycles. The second-order valence-corrected chi connectivity index (χ2v) is 6.45. The average Bonchev–Trinajstić information content (AvgIpc) is 2.88. The minimum Gasteiger partial charge on any atom is -0.381 e. The molecule has 0 aliphatic carbocycles. The summed E-state index contributed by atoms with van der Waals surface area (Å²) in [4.78, 5) is 2.84. The lowest BCUT2D eigenvalue weighted by Crippen LogP contribution is -2.56. The average molecular weight is 252 g/mol. The molecule has 0 amide bonds. The highest BCUT2D eigenvalue weighted by molar-refractivity contribution is 4.94. The lowest BCUT2D eigenvalue weighted by Gasteiger charge is -2.49. The Hall–Kier alpha value is -0.120. The first-order chi connectivity index (χ1) is 8.86. The molecule has 3 heteroatoms. The molecule has 18 heavy (non-hydrogen) atoms. The van der Waals surface area contributed by atoms with E-state index in [1.54, 1.807) is 0 Å². The summed E-state index contributed by atoms with van der Waals surface area (Å²) in [5, 5.41) is 3.50. The monoisotopic (exact) mass is 252 g/mol. The highest BCUT2D eigenvalue weighted by Crippen LogP contribution is 2.34. The largest absolute Gasteiger partial charge is 0.381 e. The zero-order chi connectivity index (χ0) is 12.4. The van der Waals surface area contributed by atoms with Crippen molar-refractivity contribution in [1.82, 2.24) is 10.2 Å². The number of piperidine rings is 2. The van der Waals surface area contributed by atoms with Crippen molar-refractivity contribution in [1.29, 1.82) is 0 Å². The summed E-state index contributed by atoms with van der Waals surface area (Å²) in [6.45, 7) is 3.33. The molecule has 0 aromatic rings. The van der Waals surface area contributed by atoms with Crippen molar-refractivity contribution in [2.75, 3.05) is 26.8 Å². The molecule has 1 N–H and O–H groups in total. The van der Waals surface area contributed by atoms with Crippen LogP contribution in [-0.2, 0) is 4.74 Å². The third-order valence-electron chi connectivity index (χ3n) is 5.35. The van der Waals surface area contributed by atoms with Crippen LogP contribution >= 0.6 is 0 Å². The van der Waals surface area contributed by atoms with E-state index in [1.807, 2.05) is 0 Å². The topological polar surface area (TPSA) is 24.5 Å². The molecule has 0 radical (unpaired) electrons. The van der Waals surface area contributed by atoms with Crippen molar-refractivity contribution in [3.63, 3.8) is 0 Å². The first-order valence-electron chi connectivity index (χ1n) is 7.87. The Morgan fingerprint density at radius 1 is 1.17 bits per heavy atom. The molecule has 0 saturated carbocycles. The van der Waals surface area contributed by atoms with E-state index >= 15 is 0 Å². The third kappa shape index (κ3) is 2.73. The van der Waals surface area contributed by atoms with Gasteiger partial charge in [0.2, 0.25) is 0 Å². The summed E-state index contributed by atoms with van der Waals surface area (Å²) in [5.74, 6) is 0.841. The number of hydrogen-bond acceptors (Lipinski definition) is 3. The highest BCUT2D eigenvalue weighted by Gasteiger charge is 2.37. The van der Waals surface area contributed by atoms with E-state index < -0.39 is 0 Å². The Morgan fingerprint density at radius 3 is 2.56 bits per heavy atom. The molecule has 104 valence electrons. The maximum Gasteiger partial charge on any atom is 0.0495 e. The molecule has 3 saturated heterocycles. The molecule has 3 unspecified atom stereocenters. The first kappa shape index (κ1) is 12.9. The van der Waals surface area contributed by atoms with Gasteiger partial charge in [0.1, 0.15) is 0 Å². The van der Waals surface area contributed by atoms with Crippen LogP contribution in [0.3, 0.4) is 0 Å². The summed E-state index contributed by atoms with van der Waals surface area (Å²) in [5.41, 5.74) is 0. The molecule has 3 aliphatic rings. The van der Waals surface area contributed by atoms with Crippen LogP contribution in [0.2, 0.25) is 0 Å². The van der Waals surface area contributed by atoms with Gasteiger partial charge in [0.05, 0.1) is 0 Å². The zero-order valence-corrected chi connectivity index (χ0v) is 11.7. The molecule has 2 bridgehead atoms. The lowest BCUT2D eigenvalue weighted by atomic mass is 9.81. The lowest BCUT2D eigenvalue weighted by molar-refractivity contribution is 0.0212. The van der Waals surface area contributed by atoms with Crippen molar-refractivity contribution >= 4 is 0 Å². The summed E-state index contributed by atoms with van der Waals surface area (Å²) in [6.07, 6.45) is 9.70. The number of hydrogen-bond donors (Lipinski definition) is 1. The number of ether oxygens (including phenoxy) is 1. The fraction of sp³-hybridized carbons (Fsp3) is 1.00. The molecule has 3 nitrogen and oxygen atoms in total. The van der Waals surface area contributed by atoms with Crippen molar-refractivity contribution in [2.45, 2.75) is 63.1 Å². The van der Waals surface area contributed by atoms with Crippen molar-refractivity contribution in [3.05, 3.63) is 0 Å². The summed E-state index contributed by atoms with van der Waals surface area (Å²) >= 11 is 0. The number of fused-ring (bicyclic) bond motifs is 2. The van der Waals surface area contributed by atoms with Gasteiger partial charge in [-0.15, -0.1) is 0 Å². The molecular formula is C15H28N2O. The maximum absolute atomic E-state index is 5.50. The maximum atomic E-state index is 5.50. The molecule has 3 aliphatic heterocycles. The van der Waals surface area contributed by atoms with Crippen LogP contribution in [0, 0.1) is 5.92 Å². The summed E-state index contributed by atoms with van der Waals surface area (Å²) in [6, 6.07) is 2.49. The van der Waals surface area contributed by atoms with Gasteiger partial charge in [-0.25, -0.2) is 0 Å². The van der Waals surface area contributed by atoms with E-state index in [-0.39, 0.29) is 0 Å². The predicted octanol–water partition coefficient (Wildman–Crippen LogP) is 2.02. The van der Waals surface area contributed by atoms with Crippen molar-refractivity contribution < 1.29 is 4.74 Å². The van der Waals surface area contributed by atoms with Gasteiger partial charge < -0.3 is 10.1 Å². The number of nitrogens with one attached hydrogen (secondary N) is 1. The Labute approximate surface area is 111 Å². The molecule has 0 spiro atoms. The van der Waals surface area contributed by atoms with Crippen LogP contribution in [0.1, 0.15) is 44.9 Å². The fourth-order valence-electron chi connectivity index (χ4n) is 4.22. The van der Waals surface area contributed by atoms with Crippen molar-refractivity contribution in [2.24, 2.45) is 5.92 Å². The van der Waals surface area contributed by atoms with Gasteiger partial charge in [-0.3, -0.25) is 4.90 Å². The second kappa shape index (κ2) is 5.89. The van der Waals surface area contributed by atoms with Gasteiger partial charge >= 0.3 is 0 Å². The Kier molecular flexibility index (Phi) is 4.22. The zero-order valence-electron chi connectivity index (χ0n) is 11.7. The Morgan fingerprint density at radius 2 is 1.94 bits per heavy atom. The van der Waals surface area contributed by atoms with Crippen LogP contribution in [0.5, 0.6) is 0 Å². The number of rotatable bonds is 4. The van der Waals surface area contributed by atoms with Crippen LogP contribution in [0.15, 0.2) is 0 Å². The normalized spacial score (nSPS) is 41.2. The van der Waals surface area contributed by atoms with Crippen molar-refractivity contribution in [3.8, 4) is 0 Å². The summed E-state index contributed by atoms with van der Waals surface area (Å²) in [7, 11) is 2.13.